The van der Waals surface area contributed by atoms with Crippen LogP contribution in [0.3, 0.4) is 0 Å². The lowest BCUT2D eigenvalue weighted by Crippen LogP contribution is -2.52. The molecule has 0 aliphatic rings. The number of ether oxygens (including phenoxy) is 3. The van der Waals surface area contributed by atoms with Crippen molar-refractivity contribution in [3.63, 3.8) is 0 Å². The van der Waals surface area contributed by atoms with Gasteiger partial charge in [0.25, 0.3) is 0 Å². The van der Waals surface area contributed by atoms with Crippen LogP contribution in [0.15, 0.2) is 86.0 Å². The molecule has 0 spiro atoms. The molecule has 0 aromatic heterocycles. The highest BCUT2D eigenvalue weighted by molar-refractivity contribution is 6.73. The van der Waals surface area contributed by atoms with E-state index in [4.69, 9.17) is 18.6 Å². The minimum Gasteiger partial charge on any atom is -0.460 e. The van der Waals surface area contributed by atoms with Crippen molar-refractivity contribution in [1.82, 2.24) is 0 Å². The highest BCUT2D eigenvalue weighted by Crippen LogP contribution is 2.30. The molecule has 5 nitrogen and oxygen atoms in total. The van der Waals surface area contributed by atoms with Gasteiger partial charge >= 0.3 is 5.97 Å². The Bertz CT molecular complexity index is 937. The molecule has 0 saturated carbocycles. The lowest BCUT2D eigenvalue weighted by atomic mass is 9.98. The number of allylic oxidation sites excluding steroid dienone is 1. The summed E-state index contributed by atoms with van der Waals surface area (Å²) in [7, 11) is -2.03. The maximum atomic E-state index is 12.2. The second-order valence-corrected chi connectivity index (χ2v) is 14.3. The highest BCUT2D eigenvalue weighted by atomic mass is 28.4. The van der Waals surface area contributed by atoms with E-state index in [1.54, 1.807) is 0 Å². The van der Waals surface area contributed by atoms with Crippen LogP contribution in [0.4, 0.5) is 0 Å². The summed E-state index contributed by atoms with van der Waals surface area (Å²) in [6.45, 7) is 16.8. The Morgan fingerprint density at radius 2 is 1.34 bits per heavy atom. The minimum atomic E-state index is -2.03. The molecular formula is C32H46O5Si. The van der Waals surface area contributed by atoms with Crippen LogP contribution in [0.1, 0.15) is 51.7 Å². The van der Waals surface area contributed by atoms with E-state index >= 15 is 0 Å². The molecule has 0 bridgehead atoms. The molecule has 6 heteroatoms. The second-order valence-electron chi connectivity index (χ2n) is 9.60. The molecule has 0 aliphatic carbocycles. The molecule has 2 aromatic rings. The number of rotatable bonds is 19. The van der Waals surface area contributed by atoms with Gasteiger partial charge in [0.1, 0.15) is 18.3 Å². The fraction of sp³-hybridized carbons (Fsp3) is 0.469. The summed E-state index contributed by atoms with van der Waals surface area (Å²) in [4.78, 5) is 12.2. The number of carbonyl (C=O) groups is 1. The van der Waals surface area contributed by atoms with Crippen LogP contribution < -0.4 is 0 Å². The average Bonchev–Trinajstić information content (AvgIpc) is 2.95. The summed E-state index contributed by atoms with van der Waals surface area (Å²) in [6.07, 6.45) is 2.81. The first-order valence-corrected chi connectivity index (χ1v) is 16.3. The van der Waals surface area contributed by atoms with Gasteiger partial charge in [-0.2, -0.15) is 0 Å². The van der Waals surface area contributed by atoms with Crippen LogP contribution in [0.5, 0.6) is 0 Å². The van der Waals surface area contributed by atoms with Crippen LogP contribution in [-0.2, 0) is 36.6 Å². The van der Waals surface area contributed by atoms with E-state index < -0.39 is 32.7 Å². The SMILES string of the molecule is C=CCC[C@@H](OC(C)=O)[C@H](OCc1ccccc1)[C@@H](OCc1ccccc1)[C@@H](C=C)O[Si](CC)(CC)CC. The lowest BCUT2D eigenvalue weighted by Gasteiger charge is -2.40. The van der Waals surface area contributed by atoms with Crippen molar-refractivity contribution in [2.75, 3.05) is 0 Å². The molecule has 0 amide bonds. The second kappa shape index (κ2) is 17.1. The molecule has 2 aromatic carbocycles. The summed E-state index contributed by atoms with van der Waals surface area (Å²) in [5.74, 6) is -0.357. The minimum absolute atomic E-state index is 0.352. The van der Waals surface area contributed by atoms with Crippen molar-refractivity contribution in [2.24, 2.45) is 0 Å². The summed E-state index contributed by atoms with van der Waals surface area (Å²) in [6, 6.07) is 23.0. The summed E-state index contributed by atoms with van der Waals surface area (Å²) in [5.41, 5.74) is 2.07. The third kappa shape index (κ3) is 9.99. The van der Waals surface area contributed by atoms with E-state index in [-0.39, 0.29) is 5.97 Å². The van der Waals surface area contributed by atoms with Gasteiger partial charge in [-0.3, -0.25) is 4.79 Å². The van der Waals surface area contributed by atoms with E-state index in [0.717, 1.165) is 29.3 Å². The van der Waals surface area contributed by atoms with Gasteiger partial charge in [-0.15, -0.1) is 13.2 Å². The molecule has 0 saturated heterocycles. The van der Waals surface area contributed by atoms with Crippen LogP contribution in [-0.4, -0.2) is 38.7 Å². The number of esters is 1. The highest BCUT2D eigenvalue weighted by Gasteiger charge is 2.41. The molecule has 208 valence electrons. The van der Waals surface area contributed by atoms with Crippen LogP contribution in [0.25, 0.3) is 0 Å². The summed E-state index contributed by atoms with van der Waals surface area (Å²) >= 11 is 0. The van der Waals surface area contributed by atoms with Crippen LogP contribution in [0, 0.1) is 0 Å². The zero-order valence-electron chi connectivity index (χ0n) is 23.6. The van der Waals surface area contributed by atoms with E-state index in [0.29, 0.717) is 26.1 Å². The van der Waals surface area contributed by atoms with Gasteiger partial charge in [-0.05, 0) is 42.1 Å². The molecular weight excluding hydrogens is 492 g/mol. The smallest absolute Gasteiger partial charge is 0.302 e. The van der Waals surface area contributed by atoms with E-state index in [9.17, 15) is 4.79 Å². The van der Waals surface area contributed by atoms with Crippen LogP contribution >= 0.6 is 0 Å². The van der Waals surface area contributed by atoms with Gasteiger partial charge in [-0.1, -0.05) is 93.6 Å². The fourth-order valence-electron chi connectivity index (χ4n) is 4.65. The normalized spacial score (nSPS) is 14.7. The molecule has 38 heavy (non-hydrogen) atoms. The first kappa shape index (κ1) is 31.7. The van der Waals surface area contributed by atoms with Crippen molar-refractivity contribution in [2.45, 2.75) is 96.3 Å². The Hall–Kier alpha value is -2.51. The summed E-state index contributed by atoms with van der Waals surface area (Å²) in [5, 5.41) is 0. The Kier molecular flexibility index (Phi) is 14.3. The zero-order valence-corrected chi connectivity index (χ0v) is 24.6. The molecule has 4 atom stereocenters. The van der Waals surface area contributed by atoms with Crippen molar-refractivity contribution < 1.29 is 23.4 Å². The monoisotopic (exact) mass is 538 g/mol. The van der Waals surface area contributed by atoms with Crippen molar-refractivity contribution >= 4 is 14.3 Å². The topological polar surface area (TPSA) is 54.0 Å². The van der Waals surface area contributed by atoms with Gasteiger partial charge in [0.15, 0.2) is 8.32 Å². The molecule has 0 radical (unpaired) electrons. The molecule has 0 fully saturated rings. The third-order valence-electron chi connectivity index (χ3n) is 7.11. The van der Waals surface area contributed by atoms with Gasteiger partial charge in [0, 0.05) is 6.92 Å². The van der Waals surface area contributed by atoms with Crippen molar-refractivity contribution in [3.8, 4) is 0 Å². The number of hydrogen-bond donors (Lipinski definition) is 0. The van der Waals surface area contributed by atoms with Gasteiger partial charge < -0.3 is 18.6 Å². The van der Waals surface area contributed by atoms with Gasteiger partial charge in [0.2, 0.25) is 0 Å². The maximum Gasteiger partial charge on any atom is 0.302 e. The lowest BCUT2D eigenvalue weighted by molar-refractivity contribution is -0.180. The molecule has 0 aliphatic heterocycles. The maximum absolute atomic E-state index is 12.2. The first-order valence-electron chi connectivity index (χ1n) is 13.8. The standard InChI is InChI=1S/C32H46O5Si/c1-7-12-23-30(36-26(6)33)32(35-25-28-21-17-14-18-22-28)31(34-24-27-19-15-13-16-20-27)29(8-2)37-38(9-3,10-4)11-5/h7-8,13-22,29-32H,1-2,9-12,23-25H2,3-6H3/t29-,30-,31+,32+/m1/s1. The number of benzene rings is 2. The number of carbonyl (C=O) groups excluding carboxylic acids is 1. The largest absolute Gasteiger partial charge is 0.460 e. The average molecular weight is 539 g/mol. The quantitative estimate of drug-likeness (QED) is 0.105. The third-order valence-corrected chi connectivity index (χ3v) is 11.7. The van der Waals surface area contributed by atoms with Gasteiger partial charge in [-0.25, -0.2) is 0 Å². The number of hydrogen-bond acceptors (Lipinski definition) is 5. The van der Waals surface area contributed by atoms with E-state index in [2.05, 4.69) is 33.9 Å². The molecule has 2 rings (SSSR count). The Balaban J connectivity index is 2.51. The van der Waals surface area contributed by atoms with E-state index in [1.807, 2.05) is 72.8 Å². The molecule has 0 heterocycles. The Morgan fingerprint density at radius 3 is 1.76 bits per heavy atom. The predicted octanol–water partition coefficient (Wildman–Crippen LogP) is 7.63. The van der Waals surface area contributed by atoms with Gasteiger partial charge in [0.05, 0.1) is 19.3 Å². The van der Waals surface area contributed by atoms with Crippen molar-refractivity contribution in [3.05, 3.63) is 97.1 Å². The molecule has 0 unspecified atom stereocenters. The fourth-order valence-corrected chi connectivity index (χ4v) is 7.45. The van der Waals surface area contributed by atoms with Crippen molar-refractivity contribution in [1.29, 1.82) is 0 Å². The first-order chi connectivity index (χ1) is 18.4. The zero-order chi connectivity index (χ0) is 27.8. The van der Waals surface area contributed by atoms with Crippen LogP contribution in [0.2, 0.25) is 18.1 Å². The van der Waals surface area contributed by atoms with E-state index in [1.165, 1.54) is 6.92 Å². The Morgan fingerprint density at radius 1 is 0.842 bits per heavy atom. The predicted molar refractivity (Wildman–Crippen MR) is 157 cm³/mol. The Labute approximate surface area is 231 Å². The summed E-state index contributed by atoms with van der Waals surface area (Å²) < 4.78 is 26.0. The molecule has 0 N–H and O–H groups in total.